The zero-order valence-corrected chi connectivity index (χ0v) is 9.99. The third-order valence-corrected chi connectivity index (χ3v) is 3.60. The molecule has 0 aliphatic carbocycles. The molecule has 86 valence electrons. The summed E-state index contributed by atoms with van der Waals surface area (Å²) < 4.78 is 5.25. The van der Waals surface area contributed by atoms with Gasteiger partial charge in [-0.1, -0.05) is 32.0 Å². The van der Waals surface area contributed by atoms with Gasteiger partial charge in [-0.05, 0) is 35.4 Å². The van der Waals surface area contributed by atoms with Gasteiger partial charge in [0.25, 0.3) is 0 Å². The van der Waals surface area contributed by atoms with Crippen LogP contribution in [0.5, 0.6) is 5.75 Å². The fourth-order valence-electron chi connectivity index (χ4n) is 2.46. The molecule has 1 aliphatic heterocycles. The van der Waals surface area contributed by atoms with Gasteiger partial charge in [-0.3, -0.25) is 0 Å². The Labute approximate surface area is 100 Å². The maximum atomic E-state index is 11.7. The van der Waals surface area contributed by atoms with Crippen LogP contribution in [0.1, 0.15) is 42.1 Å². The van der Waals surface area contributed by atoms with Crippen LogP contribution in [0.15, 0.2) is 30.3 Å². The molecule has 0 spiro atoms. The molecule has 2 aromatic rings. The predicted molar refractivity (Wildman–Crippen MR) is 67.6 cm³/mol. The number of benzene rings is 2. The lowest BCUT2D eigenvalue weighted by molar-refractivity contribution is 0.0754. The molecule has 0 N–H and O–H groups in total. The standard InChI is InChI=1S/C15H14O2/c1-3-9(2)10-7-8-13-14-11(10)5-4-6-12(14)15(16)17-13/h4-9H,3H2,1-2H3. The Morgan fingerprint density at radius 1 is 1.24 bits per heavy atom. The molecule has 2 aromatic carbocycles. The van der Waals surface area contributed by atoms with Crippen molar-refractivity contribution in [3.05, 3.63) is 41.5 Å². The Kier molecular flexibility index (Phi) is 2.18. The summed E-state index contributed by atoms with van der Waals surface area (Å²) in [6.45, 7) is 4.39. The van der Waals surface area contributed by atoms with E-state index in [0.29, 0.717) is 17.2 Å². The second-order valence-electron chi connectivity index (χ2n) is 4.58. The molecule has 0 aromatic heterocycles. The van der Waals surface area contributed by atoms with Gasteiger partial charge < -0.3 is 4.74 Å². The molecule has 0 fully saturated rings. The number of carbonyl (C=O) groups is 1. The van der Waals surface area contributed by atoms with Crippen LogP contribution in [0.3, 0.4) is 0 Å². The van der Waals surface area contributed by atoms with Crippen molar-refractivity contribution in [1.29, 1.82) is 0 Å². The van der Waals surface area contributed by atoms with Crippen LogP contribution in [-0.2, 0) is 0 Å². The first-order chi connectivity index (χ1) is 8.22. The van der Waals surface area contributed by atoms with Crippen LogP contribution in [0.25, 0.3) is 10.8 Å². The SMILES string of the molecule is CCC(C)c1ccc2c3c(cccc13)C(=O)O2. The summed E-state index contributed by atoms with van der Waals surface area (Å²) in [6.07, 6.45) is 1.09. The molecule has 0 saturated heterocycles. The summed E-state index contributed by atoms with van der Waals surface area (Å²) in [6, 6.07) is 9.83. The summed E-state index contributed by atoms with van der Waals surface area (Å²) in [5.41, 5.74) is 1.99. The lowest BCUT2D eigenvalue weighted by atomic mass is 9.91. The summed E-state index contributed by atoms with van der Waals surface area (Å²) in [5.74, 6) is 0.967. The minimum absolute atomic E-state index is 0.230. The Bertz CT molecular complexity index is 614. The largest absolute Gasteiger partial charge is 0.422 e. The van der Waals surface area contributed by atoms with Gasteiger partial charge in [0.1, 0.15) is 5.75 Å². The first kappa shape index (κ1) is 10.3. The first-order valence-electron chi connectivity index (χ1n) is 6.00. The van der Waals surface area contributed by atoms with Crippen molar-refractivity contribution in [2.45, 2.75) is 26.2 Å². The fraction of sp³-hybridized carbons (Fsp3) is 0.267. The van der Waals surface area contributed by atoms with Crippen LogP contribution in [-0.4, -0.2) is 5.97 Å². The molecule has 3 rings (SSSR count). The summed E-state index contributed by atoms with van der Waals surface area (Å²) in [4.78, 5) is 11.7. The molecule has 0 radical (unpaired) electrons. The first-order valence-corrected chi connectivity index (χ1v) is 6.00. The predicted octanol–water partition coefficient (Wildman–Crippen LogP) is 3.89. The Balaban J connectivity index is 2.37. The maximum absolute atomic E-state index is 11.7. The third-order valence-electron chi connectivity index (χ3n) is 3.60. The minimum Gasteiger partial charge on any atom is -0.422 e. The van der Waals surface area contributed by atoms with Gasteiger partial charge in [0.15, 0.2) is 0 Å². The molecule has 0 amide bonds. The highest BCUT2D eigenvalue weighted by Crippen LogP contribution is 2.39. The Hall–Kier alpha value is -1.83. The number of rotatable bonds is 2. The molecule has 1 heterocycles. The molecule has 0 saturated carbocycles. The zero-order valence-electron chi connectivity index (χ0n) is 9.99. The number of ether oxygens (including phenoxy) is 1. The smallest absolute Gasteiger partial charge is 0.344 e. The quantitative estimate of drug-likeness (QED) is 0.573. The van der Waals surface area contributed by atoms with Crippen molar-refractivity contribution in [2.75, 3.05) is 0 Å². The molecule has 1 aliphatic rings. The summed E-state index contributed by atoms with van der Waals surface area (Å²) >= 11 is 0. The highest BCUT2D eigenvalue weighted by Gasteiger charge is 2.25. The van der Waals surface area contributed by atoms with E-state index in [4.69, 9.17) is 4.74 Å². The van der Waals surface area contributed by atoms with E-state index in [1.165, 1.54) is 5.56 Å². The van der Waals surface area contributed by atoms with E-state index >= 15 is 0 Å². The van der Waals surface area contributed by atoms with Crippen LogP contribution in [0.2, 0.25) is 0 Å². The number of carbonyl (C=O) groups excluding carboxylic acids is 1. The van der Waals surface area contributed by atoms with Crippen LogP contribution in [0.4, 0.5) is 0 Å². The van der Waals surface area contributed by atoms with Crippen molar-refractivity contribution in [3.63, 3.8) is 0 Å². The van der Waals surface area contributed by atoms with Gasteiger partial charge in [0.2, 0.25) is 0 Å². The highest BCUT2D eigenvalue weighted by atomic mass is 16.5. The Morgan fingerprint density at radius 3 is 2.82 bits per heavy atom. The van der Waals surface area contributed by atoms with Crippen molar-refractivity contribution in [1.82, 2.24) is 0 Å². The van der Waals surface area contributed by atoms with E-state index in [1.54, 1.807) is 0 Å². The van der Waals surface area contributed by atoms with E-state index in [-0.39, 0.29) is 5.97 Å². The summed E-state index contributed by atoms with van der Waals surface area (Å²) in [5, 5.41) is 2.13. The van der Waals surface area contributed by atoms with E-state index in [0.717, 1.165) is 17.2 Å². The van der Waals surface area contributed by atoms with Gasteiger partial charge in [-0.2, -0.15) is 0 Å². The average molecular weight is 226 g/mol. The van der Waals surface area contributed by atoms with Gasteiger partial charge in [-0.15, -0.1) is 0 Å². The lowest BCUT2D eigenvalue weighted by Crippen LogP contribution is -2.00. The molecule has 0 bridgehead atoms. The molecular weight excluding hydrogens is 212 g/mol. The number of hydrogen-bond acceptors (Lipinski definition) is 2. The monoisotopic (exact) mass is 226 g/mol. The third kappa shape index (κ3) is 1.37. The normalized spacial score (nSPS) is 15.1. The summed E-state index contributed by atoms with van der Waals surface area (Å²) in [7, 11) is 0. The van der Waals surface area contributed by atoms with E-state index in [2.05, 4.69) is 26.0 Å². The number of hydrogen-bond donors (Lipinski definition) is 0. The molecule has 1 unspecified atom stereocenters. The van der Waals surface area contributed by atoms with E-state index in [9.17, 15) is 4.79 Å². The van der Waals surface area contributed by atoms with Crippen molar-refractivity contribution < 1.29 is 9.53 Å². The molecule has 1 atom stereocenters. The van der Waals surface area contributed by atoms with E-state index in [1.807, 2.05) is 18.2 Å². The van der Waals surface area contributed by atoms with Crippen LogP contribution < -0.4 is 4.74 Å². The second-order valence-corrected chi connectivity index (χ2v) is 4.58. The second kappa shape index (κ2) is 3.59. The van der Waals surface area contributed by atoms with Gasteiger partial charge in [0.05, 0.1) is 5.56 Å². The van der Waals surface area contributed by atoms with Gasteiger partial charge in [0, 0.05) is 5.39 Å². The minimum atomic E-state index is -0.230. The van der Waals surface area contributed by atoms with E-state index < -0.39 is 0 Å². The van der Waals surface area contributed by atoms with Crippen LogP contribution >= 0.6 is 0 Å². The van der Waals surface area contributed by atoms with Crippen LogP contribution in [0, 0.1) is 0 Å². The van der Waals surface area contributed by atoms with Gasteiger partial charge >= 0.3 is 5.97 Å². The fourth-order valence-corrected chi connectivity index (χ4v) is 2.46. The zero-order chi connectivity index (χ0) is 12.0. The van der Waals surface area contributed by atoms with Crippen molar-refractivity contribution >= 4 is 16.7 Å². The van der Waals surface area contributed by atoms with Crippen molar-refractivity contribution in [2.24, 2.45) is 0 Å². The highest BCUT2D eigenvalue weighted by molar-refractivity contribution is 6.13. The number of esters is 1. The maximum Gasteiger partial charge on any atom is 0.344 e. The topological polar surface area (TPSA) is 26.3 Å². The molecule has 2 nitrogen and oxygen atoms in total. The molecule has 17 heavy (non-hydrogen) atoms. The Morgan fingerprint density at radius 2 is 2.06 bits per heavy atom. The average Bonchev–Trinajstić information content (AvgIpc) is 2.68. The van der Waals surface area contributed by atoms with Crippen molar-refractivity contribution in [3.8, 4) is 5.75 Å². The molecule has 2 heteroatoms. The molecular formula is C15H14O2. The lowest BCUT2D eigenvalue weighted by Gasteiger charge is -2.12. The van der Waals surface area contributed by atoms with Gasteiger partial charge in [-0.25, -0.2) is 4.79 Å².